The van der Waals surface area contributed by atoms with E-state index >= 15 is 0 Å². The number of aliphatic hydroxyl groups excluding tert-OH is 2. The molecule has 4 atom stereocenters. The van der Waals surface area contributed by atoms with Crippen LogP contribution in [0.1, 0.15) is 27.9 Å². The maximum atomic E-state index is 13.6. The third kappa shape index (κ3) is 4.15. The van der Waals surface area contributed by atoms with Gasteiger partial charge < -0.3 is 26.2 Å². The molecule has 3 aliphatic carbocycles. The lowest BCUT2D eigenvalue weighted by Crippen LogP contribution is -2.63. The van der Waals surface area contributed by atoms with Gasteiger partial charge in [0.2, 0.25) is 15.8 Å². The SMILES string of the molecule is CN(C)C1C(O)=C(C(N)=O)C(=O)C2(O)C(O)=C3C(=O)c4c(O)ccc(C#CCNS(C)(=O)=O)c4CC3CC12. The van der Waals surface area contributed by atoms with E-state index in [9.17, 15) is 43.2 Å². The molecule has 0 radical (unpaired) electrons. The van der Waals surface area contributed by atoms with E-state index in [4.69, 9.17) is 5.73 Å². The quantitative estimate of drug-likeness (QED) is 0.201. The lowest BCUT2D eigenvalue weighted by molar-refractivity contribution is -0.148. The van der Waals surface area contributed by atoms with Crippen molar-refractivity contribution >= 4 is 27.5 Å². The fourth-order valence-corrected chi connectivity index (χ4v) is 6.01. The van der Waals surface area contributed by atoms with Gasteiger partial charge in [-0.15, -0.1) is 0 Å². The van der Waals surface area contributed by atoms with Crippen molar-refractivity contribution in [2.75, 3.05) is 26.9 Å². The minimum absolute atomic E-state index is 0.0517. The second kappa shape index (κ2) is 9.25. The first-order valence-electron chi connectivity index (χ1n) is 11.5. The molecule has 4 rings (SSSR count). The number of carbonyl (C=O) groups excluding carboxylic acids is 3. The molecule has 0 fully saturated rings. The zero-order valence-electron chi connectivity index (χ0n) is 20.8. The van der Waals surface area contributed by atoms with Crippen molar-refractivity contribution in [3.63, 3.8) is 0 Å². The Morgan fingerprint density at radius 2 is 1.89 bits per heavy atom. The number of hydrogen-bond acceptors (Lipinski definition) is 10. The number of phenolic OH excluding ortho intramolecular Hbond substituents is 1. The van der Waals surface area contributed by atoms with Crippen molar-refractivity contribution in [1.29, 1.82) is 0 Å². The number of amides is 1. The monoisotopic (exact) mass is 545 g/mol. The van der Waals surface area contributed by atoms with Crippen molar-refractivity contribution in [3.8, 4) is 17.6 Å². The van der Waals surface area contributed by atoms with Gasteiger partial charge in [-0.3, -0.25) is 19.3 Å². The molecule has 3 aliphatic rings. The minimum Gasteiger partial charge on any atom is -0.510 e. The molecule has 13 heteroatoms. The van der Waals surface area contributed by atoms with Crippen molar-refractivity contribution in [2.45, 2.75) is 24.5 Å². The predicted octanol–water partition coefficient (Wildman–Crippen LogP) is -0.979. The summed E-state index contributed by atoms with van der Waals surface area (Å²) in [7, 11) is -0.380. The van der Waals surface area contributed by atoms with E-state index in [1.54, 1.807) is 14.1 Å². The van der Waals surface area contributed by atoms with Crippen molar-refractivity contribution in [1.82, 2.24) is 9.62 Å². The van der Waals surface area contributed by atoms with Crippen LogP contribution in [0.15, 0.2) is 34.8 Å². The molecule has 38 heavy (non-hydrogen) atoms. The second-order valence-electron chi connectivity index (χ2n) is 9.84. The number of nitrogens with two attached hydrogens (primary N) is 1. The molecule has 1 aromatic carbocycles. The van der Waals surface area contributed by atoms with Gasteiger partial charge in [-0.25, -0.2) is 13.1 Å². The Morgan fingerprint density at radius 1 is 1.24 bits per heavy atom. The van der Waals surface area contributed by atoms with Crippen molar-refractivity contribution < 1.29 is 43.2 Å². The zero-order valence-corrected chi connectivity index (χ0v) is 21.6. The number of nitrogens with one attached hydrogen (secondary N) is 1. The first kappa shape index (κ1) is 27.3. The number of carbonyl (C=O) groups is 3. The van der Waals surface area contributed by atoms with Gasteiger partial charge in [-0.05, 0) is 50.6 Å². The number of Topliss-reactive ketones (excluding diaryl/α,β-unsaturated/α-hetero) is 2. The van der Waals surface area contributed by atoms with E-state index in [0.717, 1.165) is 6.26 Å². The van der Waals surface area contributed by atoms with Crippen molar-refractivity contribution in [2.24, 2.45) is 17.6 Å². The number of allylic oxidation sites excluding steroid dienone is 1. The second-order valence-corrected chi connectivity index (χ2v) is 11.7. The fourth-order valence-electron chi connectivity index (χ4n) is 5.67. The van der Waals surface area contributed by atoms with E-state index in [1.165, 1.54) is 17.0 Å². The Labute approximate surface area is 218 Å². The first-order chi connectivity index (χ1) is 17.6. The highest BCUT2D eigenvalue weighted by Gasteiger charge is 2.63. The smallest absolute Gasteiger partial charge is 0.255 e. The Kier molecular flexibility index (Phi) is 6.65. The molecule has 0 saturated heterocycles. The molecule has 202 valence electrons. The number of aliphatic hydroxyl groups is 3. The summed E-state index contributed by atoms with van der Waals surface area (Å²) in [6.07, 6.45) is 1.01. The van der Waals surface area contributed by atoms with Gasteiger partial charge in [0, 0.05) is 17.1 Å². The molecule has 0 saturated carbocycles. The van der Waals surface area contributed by atoms with E-state index < -0.39 is 73.8 Å². The number of benzene rings is 1. The standard InChI is InChI=1S/C25H27N3O9S/c1-28(2)19-14-10-12-9-13-11(5-4-8-27-38(3,36)37)6-7-15(29)17(13)20(30)16(12)22(32)25(14,35)23(33)18(21(19)31)24(26)34/h6-7,12,14,19,27,29,31-32,35H,8-10H2,1-3H3,(H2,26,34). The first-order valence-corrected chi connectivity index (χ1v) is 13.4. The number of fused-ring (bicyclic) bond motifs is 3. The van der Waals surface area contributed by atoms with Crippen molar-refractivity contribution in [3.05, 3.63) is 51.5 Å². The summed E-state index contributed by atoms with van der Waals surface area (Å²) in [5.74, 6) is -1.87. The summed E-state index contributed by atoms with van der Waals surface area (Å²) in [6, 6.07) is 1.61. The Morgan fingerprint density at radius 3 is 2.47 bits per heavy atom. The van der Waals surface area contributed by atoms with Gasteiger partial charge in [0.05, 0.1) is 24.4 Å². The van der Waals surface area contributed by atoms with Crippen LogP contribution in [-0.4, -0.2) is 89.8 Å². The van der Waals surface area contributed by atoms with Gasteiger partial charge in [-0.2, -0.15) is 0 Å². The summed E-state index contributed by atoms with van der Waals surface area (Å²) in [4.78, 5) is 40.4. The van der Waals surface area contributed by atoms with E-state index in [2.05, 4.69) is 16.6 Å². The van der Waals surface area contributed by atoms with Gasteiger partial charge in [0.25, 0.3) is 5.91 Å². The van der Waals surface area contributed by atoms with E-state index in [1.807, 2.05) is 0 Å². The highest BCUT2D eigenvalue weighted by Crippen LogP contribution is 2.52. The van der Waals surface area contributed by atoms with Gasteiger partial charge in [0.1, 0.15) is 22.8 Å². The van der Waals surface area contributed by atoms with Gasteiger partial charge in [0.15, 0.2) is 11.4 Å². The van der Waals surface area contributed by atoms with Crippen LogP contribution < -0.4 is 10.5 Å². The van der Waals surface area contributed by atoms with E-state index in [-0.39, 0.29) is 30.5 Å². The molecule has 1 amide bonds. The van der Waals surface area contributed by atoms with Crippen LogP contribution in [0.3, 0.4) is 0 Å². The zero-order chi connectivity index (χ0) is 28.3. The largest absolute Gasteiger partial charge is 0.510 e. The van der Waals surface area contributed by atoms with Crippen LogP contribution in [0, 0.1) is 23.7 Å². The minimum atomic E-state index is -3.47. The Bertz CT molecular complexity index is 1510. The molecule has 1 aromatic rings. The topological polar surface area (TPSA) is 208 Å². The summed E-state index contributed by atoms with van der Waals surface area (Å²) in [6.45, 7) is -0.187. The lowest BCUT2D eigenvalue weighted by atomic mass is 9.58. The Balaban J connectivity index is 1.87. The molecule has 0 bridgehead atoms. The number of nitrogens with zero attached hydrogens (tertiary/aromatic N) is 1. The summed E-state index contributed by atoms with van der Waals surface area (Å²) in [5.41, 5.74) is 1.99. The van der Waals surface area contributed by atoms with Crippen LogP contribution in [0.2, 0.25) is 0 Å². The number of phenols is 1. The summed E-state index contributed by atoms with van der Waals surface area (Å²) < 4.78 is 24.8. The number of sulfonamides is 1. The van der Waals surface area contributed by atoms with Gasteiger partial charge in [-0.1, -0.05) is 11.8 Å². The van der Waals surface area contributed by atoms with E-state index in [0.29, 0.717) is 11.1 Å². The molecule has 4 unspecified atom stereocenters. The molecular formula is C25H27N3O9S. The average Bonchev–Trinajstić information content (AvgIpc) is 2.79. The number of rotatable bonds is 4. The number of ketones is 2. The third-order valence-corrected chi connectivity index (χ3v) is 7.92. The lowest BCUT2D eigenvalue weighted by Gasteiger charge is -2.50. The summed E-state index contributed by atoms with van der Waals surface area (Å²) >= 11 is 0. The normalized spacial score (nSPS) is 26.9. The fraction of sp³-hybridized carbons (Fsp3) is 0.400. The summed E-state index contributed by atoms with van der Waals surface area (Å²) in [5, 5.41) is 44.2. The molecule has 0 heterocycles. The molecule has 7 N–H and O–H groups in total. The maximum Gasteiger partial charge on any atom is 0.255 e. The molecule has 0 spiro atoms. The molecule has 0 aliphatic heterocycles. The number of aromatic hydroxyl groups is 1. The highest BCUT2D eigenvalue weighted by atomic mass is 32.2. The highest BCUT2D eigenvalue weighted by molar-refractivity contribution is 7.88. The molecule has 0 aromatic heterocycles. The third-order valence-electron chi connectivity index (χ3n) is 7.25. The van der Waals surface area contributed by atoms with Crippen LogP contribution in [0.4, 0.5) is 0 Å². The average molecular weight is 546 g/mol. The van der Waals surface area contributed by atoms with Gasteiger partial charge >= 0.3 is 0 Å². The van der Waals surface area contributed by atoms with Crippen LogP contribution >= 0.6 is 0 Å². The Hall–Kier alpha value is -3.70. The number of likely N-dealkylation sites (N-methyl/N-ethyl adjacent to an activating group) is 1. The molecule has 12 nitrogen and oxygen atoms in total. The number of primary amides is 1. The predicted molar refractivity (Wildman–Crippen MR) is 133 cm³/mol. The van der Waals surface area contributed by atoms with Crippen LogP contribution in [-0.2, 0) is 26.0 Å². The maximum absolute atomic E-state index is 13.6. The number of hydrogen-bond donors (Lipinski definition) is 6. The van der Waals surface area contributed by atoms with Crippen LogP contribution in [0.5, 0.6) is 5.75 Å². The van der Waals surface area contributed by atoms with Crippen LogP contribution in [0.25, 0.3) is 0 Å². The molecular weight excluding hydrogens is 518 g/mol.